The molecule has 2 aromatic carbocycles. The van der Waals surface area contributed by atoms with Gasteiger partial charge in [-0.25, -0.2) is 9.59 Å². The molecule has 0 N–H and O–H groups in total. The second-order valence-corrected chi connectivity index (χ2v) is 8.67. The van der Waals surface area contributed by atoms with E-state index in [4.69, 9.17) is 30.5 Å². The van der Waals surface area contributed by atoms with E-state index >= 15 is 0 Å². The number of rotatable bonds is 17. The third kappa shape index (κ3) is 10.9. The first-order valence-corrected chi connectivity index (χ1v) is 13.2. The summed E-state index contributed by atoms with van der Waals surface area (Å²) >= 11 is 5.63. The van der Waals surface area contributed by atoms with E-state index in [1.807, 2.05) is 6.92 Å². The highest BCUT2D eigenvalue weighted by atomic mass is 35.5. The minimum Gasteiger partial charge on any atom is -0.493 e. The van der Waals surface area contributed by atoms with Gasteiger partial charge < -0.3 is 23.8 Å². The highest BCUT2D eigenvalue weighted by molar-refractivity contribution is 6.26. The van der Waals surface area contributed by atoms with E-state index in [2.05, 4.69) is 4.84 Å². The Balaban J connectivity index is 2.08. The standard InChI is InChI=1S/C28H32ClNO10/c1-3-4-11-23(39-27(32)19-29)21-9-5-6-10-22(21)28(33)40-24-14-12-20(18-25(24)36-2)13-15-26(31)37-16-7-8-17-38-30(34)35/h5-6,9-10,12-15,18,23H,3-4,7-8,11,16-17,19H2,1-2H3/b15-13+/t23-/m0/s1. The van der Waals surface area contributed by atoms with Crippen LogP contribution in [0.1, 0.15) is 66.6 Å². The molecular formula is C28H32ClNO10. The van der Waals surface area contributed by atoms with Crippen molar-refractivity contribution in [1.82, 2.24) is 0 Å². The second-order valence-electron chi connectivity index (χ2n) is 8.41. The Morgan fingerprint density at radius 3 is 2.50 bits per heavy atom. The Bertz CT molecular complexity index is 1180. The number of hydrogen-bond acceptors (Lipinski definition) is 10. The smallest absolute Gasteiger partial charge is 0.344 e. The van der Waals surface area contributed by atoms with Crippen LogP contribution in [0.3, 0.4) is 0 Å². The van der Waals surface area contributed by atoms with Crippen LogP contribution in [0.2, 0.25) is 0 Å². The molecule has 0 saturated carbocycles. The third-order valence-electron chi connectivity index (χ3n) is 5.51. The second kappa shape index (κ2) is 17.5. The van der Waals surface area contributed by atoms with Crippen LogP contribution < -0.4 is 9.47 Å². The Labute approximate surface area is 237 Å². The summed E-state index contributed by atoms with van der Waals surface area (Å²) in [6.07, 6.45) is 5.03. The van der Waals surface area contributed by atoms with E-state index in [-0.39, 0.29) is 36.2 Å². The number of methoxy groups -OCH3 is 1. The van der Waals surface area contributed by atoms with Gasteiger partial charge in [-0.1, -0.05) is 37.6 Å². The summed E-state index contributed by atoms with van der Waals surface area (Å²) in [5, 5.41) is 9.22. The molecule has 0 heterocycles. The summed E-state index contributed by atoms with van der Waals surface area (Å²) in [7, 11) is 1.41. The quantitative estimate of drug-likeness (QED) is 0.0451. The number of nitrogens with zero attached hydrogens (tertiary/aromatic N) is 1. The molecule has 0 aliphatic carbocycles. The predicted molar refractivity (Wildman–Crippen MR) is 146 cm³/mol. The number of carbonyl (C=O) groups is 3. The molecule has 11 nitrogen and oxygen atoms in total. The van der Waals surface area contributed by atoms with Gasteiger partial charge in [0.05, 0.1) is 25.9 Å². The van der Waals surface area contributed by atoms with Crippen LogP contribution in [-0.2, 0) is 23.9 Å². The lowest BCUT2D eigenvalue weighted by molar-refractivity contribution is -0.757. The van der Waals surface area contributed by atoms with Crippen LogP contribution in [0.15, 0.2) is 48.5 Å². The predicted octanol–water partition coefficient (Wildman–Crippen LogP) is 5.47. The highest BCUT2D eigenvalue weighted by Crippen LogP contribution is 2.32. The van der Waals surface area contributed by atoms with Gasteiger partial charge in [0.25, 0.3) is 5.09 Å². The molecule has 0 aliphatic heterocycles. The van der Waals surface area contributed by atoms with Crippen molar-refractivity contribution in [2.75, 3.05) is 26.2 Å². The zero-order chi connectivity index (χ0) is 29.3. The molecule has 1 atom stereocenters. The van der Waals surface area contributed by atoms with Gasteiger partial charge in [-0.05, 0) is 55.5 Å². The summed E-state index contributed by atoms with van der Waals surface area (Å²) in [6.45, 7) is 2.04. The molecule has 0 unspecified atom stereocenters. The lowest BCUT2D eigenvalue weighted by Crippen LogP contribution is -2.18. The number of unbranched alkanes of at least 4 members (excludes halogenated alkanes) is 2. The van der Waals surface area contributed by atoms with Crippen LogP contribution in [0.4, 0.5) is 0 Å². The monoisotopic (exact) mass is 577 g/mol. The van der Waals surface area contributed by atoms with E-state index in [0.29, 0.717) is 30.4 Å². The summed E-state index contributed by atoms with van der Waals surface area (Å²) < 4.78 is 21.6. The SMILES string of the molecule is CCCC[C@H](OC(=O)CCl)c1ccccc1C(=O)Oc1ccc(/C=C/C(=O)OCCCCO[N+](=O)[O-])cc1OC. The molecule has 40 heavy (non-hydrogen) atoms. The van der Waals surface area contributed by atoms with E-state index in [1.54, 1.807) is 36.4 Å². The zero-order valence-corrected chi connectivity index (χ0v) is 23.1. The average Bonchev–Trinajstić information content (AvgIpc) is 2.96. The Morgan fingerprint density at radius 2 is 1.80 bits per heavy atom. The lowest BCUT2D eigenvalue weighted by Gasteiger charge is -2.20. The van der Waals surface area contributed by atoms with Gasteiger partial charge in [-0.2, -0.15) is 0 Å². The van der Waals surface area contributed by atoms with Crippen molar-refractivity contribution in [3.63, 3.8) is 0 Å². The van der Waals surface area contributed by atoms with Crippen molar-refractivity contribution in [3.8, 4) is 11.5 Å². The van der Waals surface area contributed by atoms with Gasteiger partial charge in [0, 0.05) is 11.6 Å². The fourth-order valence-electron chi connectivity index (χ4n) is 3.58. The lowest BCUT2D eigenvalue weighted by atomic mass is 9.98. The molecular weight excluding hydrogens is 546 g/mol. The van der Waals surface area contributed by atoms with Crippen molar-refractivity contribution in [2.45, 2.75) is 45.1 Å². The van der Waals surface area contributed by atoms with Gasteiger partial charge in [0.2, 0.25) is 0 Å². The third-order valence-corrected chi connectivity index (χ3v) is 5.73. The Morgan fingerprint density at radius 1 is 1.05 bits per heavy atom. The largest absolute Gasteiger partial charge is 0.493 e. The Kier molecular flexibility index (Phi) is 14.0. The van der Waals surface area contributed by atoms with Gasteiger partial charge in [-0.15, -0.1) is 21.7 Å². The first kappa shape index (κ1) is 32.1. The van der Waals surface area contributed by atoms with Gasteiger partial charge in [-0.3, -0.25) is 4.79 Å². The molecule has 2 rings (SSSR count). The molecule has 0 bridgehead atoms. The van der Waals surface area contributed by atoms with Crippen LogP contribution in [0.5, 0.6) is 11.5 Å². The van der Waals surface area contributed by atoms with Crippen LogP contribution in [0.25, 0.3) is 6.08 Å². The van der Waals surface area contributed by atoms with E-state index in [1.165, 1.54) is 25.3 Å². The normalized spacial score (nSPS) is 11.5. The molecule has 0 radical (unpaired) electrons. The van der Waals surface area contributed by atoms with E-state index in [9.17, 15) is 24.5 Å². The first-order chi connectivity index (χ1) is 19.3. The number of esters is 3. The van der Waals surface area contributed by atoms with Crippen molar-refractivity contribution >= 4 is 35.6 Å². The van der Waals surface area contributed by atoms with E-state index < -0.39 is 29.1 Å². The maximum atomic E-state index is 13.2. The maximum absolute atomic E-state index is 13.2. The maximum Gasteiger partial charge on any atom is 0.344 e. The number of ether oxygens (including phenoxy) is 4. The molecule has 0 saturated heterocycles. The topological polar surface area (TPSA) is 141 Å². The summed E-state index contributed by atoms with van der Waals surface area (Å²) in [4.78, 5) is 51.3. The average molecular weight is 578 g/mol. The fourth-order valence-corrected chi connectivity index (χ4v) is 3.64. The van der Waals surface area contributed by atoms with Crippen LogP contribution >= 0.6 is 11.6 Å². The molecule has 2 aromatic rings. The molecule has 0 aliphatic rings. The fraction of sp³-hybridized carbons (Fsp3) is 0.393. The Hall–Kier alpha value is -4.12. The minimum absolute atomic E-state index is 0.0659. The van der Waals surface area contributed by atoms with Crippen molar-refractivity contribution in [2.24, 2.45) is 0 Å². The molecule has 0 fully saturated rings. The molecule has 0 aromatic heterocycles. The number of carbonyl (C=O) groups excluding carboxylic acids is 3. The van der Waals surface area contributed by atoms with Gasteiger partial charge in [0.15, 0.2) is 11.5 Å². The number of alkyl halides is 1. The number of halogens is 1. The van der Waals surface area contributed by atoms with Crippen LogP contribution in [0, 0.1) is 10.1 Å². The summed E-state index contributed by atoms with van der Waals surface area (Å²) in [5.41, 5.74) is 1.34. The van der Waals surface area contributed by atoms with Crippen molar-refractivity contribution in [1.29, 1.82) is 0 Å². The first-order valence-electron chi connectivity index (χ1n) is 12.7. The van der Waals surface area contributed by atoms with E-state index in [0.717, 1.165) is 12.8 Å². The van der Waals surface area contributed by atoms with Crippen molar-refractivity contribution < 1.29 is 43.3 Å². The number of benzene rings is 2. The van der Waals surface area contributed by atoms with Gasteiger partial charge >= 0.3 is 17.9 Å². The van der Waals surface area contributed by atoms with Crippen molar-refractivity contribution in [3.05, 3.63) is 75.3 Å². The summed E-state index contributed by atoms with van der Waals surface area (Å²) in [5.74, 6) is -1.72. The summed E-state index contributed by atoms with van der Waals surface area (Å²) in [6, 6.07) is 11.5. The number of hydrogen-bond donors (Lipinski definition) is 0. The minimum atomic E-state index is -0.874. The molecule has 0 amide bonds. The molecule has 0 spiro atoms. The van der Waals surface area contributed by atoms with Crippen LogP contribution in [-0.4, -0.2) is 49.2 Å². The zero-order valence-electron chi connectivity index (χ0n) is 22.3. The molecule has 12 heteroatoms. The molecule has 216 valence electrons. The highest BCUT2D eigenvalue weighted by Gasteiger charge is 2.24. The van der Waals surface area contributed by atoms with Gasteiger partial charge in [0.1, 0.15) is 12.0 Å².